The first-order valence-corrected chi connectivity index (χ1v) is 6.55. The van der Waals surface area contributed by atoms with E-state index in [0.29, 0.717) is 11.1 Å². The maximum Gasteiger partial charge on any atom is 0.433 e. The van der Waals surface area contributed by atoms with E-state index in [1.807, 2.05) is 6.92 Å². The Kier molecular flexibility index (Phi) is 4.12. The average Bonchev–Trinajstić information content (AvgIpc) is 2.80. The molecule has 2 aromatic rings. The molecular formula is C12H10F3N3O2S. The van der Waals surface area contributed by atoms with Gasteiger partial charge >= 0.3 is 12.1 Å². The lowest BCUT2D eigenvalue weighted by molar-refractivity contribution is -0.141. The fourth-order valence-corrected chi connectivity index (χ4v) is 2.29. The number of halogens is 3. The van der Waals surface area contributed by atoms with Crippen LogP contribution in [0.25, 0.3) is 0 Å². The van der Waals surface area contributed by atoms with E-state index >= 15 is 0 Å². The van der Waals surface area contributed by atoms with Gasteiger partial charge in [0.05, 0.1) is 6.54 Å². The molecule has 21 heavy (non-hydrogen) atoms. The van der Waals surface area contributed by atoms with Crippen LogP contribution in [0.3, 0.4) is 0 Å². The van der Waals surface area contributed by atoms with Gasteiger partial charge in [-0.1, -0.05) is 0 Å². The molecule has 2 N–H and O–H groups in total. The predicted molar refractivity (Wildman–Crippen MR) is 70.4 cm³/mol. The third kappa shape index (κ3) is 3.69. The number of aromatic nitrogens is 2. The van der Waals surface area contributed by atoms with Crippen LogP contribution in [0.15, 0.2) is 18.3 Å². The molecule has 112 valence electrons. The number of carboxylic acids is 1. The van der Waals surface area contributed by atoms with E-state index in [4.69, 9.17) is 5.11 Å². The highest BCUT2D eigenvalue weighted by molar-refractivity contribution is 7.11. The summed E-state index contributed by atoms with van der Waals surface area (Å²) in [5.41, 5.74) is -1.47. The van der Waals surface area contributed by atoms with E-state index in [9.17, 15) is 18.0 Å². The number of hydrogen-bond acceptors (Lipinski definition) is 5. The first kappa shape index (κ1) is 15.2. The van der Waals surface area contributed by atoms with E-state index < -0.39 is 17.8 Å². The average molecular weight is 317 g/mol. The summed E-state index contributed by atoms with van der Waals surface area (Å²) in [5.74, 6) is -1.68. The molecule has 2 aromatic heterocycles. The molecule has 2 rings (SSSR count). The van der Waals surface area contributed by atoms with Gasteiger partial charge in [-0.2, -0.15) is 13.2 Å². The first-order chi connectivity index (χ1) is 9.77. The maximum absolute atomic E-state index is 12.6. The number of alkyl halides is 3. The van der Waals surface area contributed by atoms with Crippen LogP contribution in [0.5, 0.6) is 0 Å². The molecule has 5 nitrogen and oxygen atoms in total. The number of thiazole rings is 1. The van der Waals surface area contributed by atoms with E-state index in [-0.39, 0.29) is 17.9 Å². The molecule has 0 atom stereocenters. The molecule has 2 heterocycles. The van der Waals surface area contributed by atoms with Crippen LogP contribution in [-0.2, 0) is 12.7 Å². The minimum absolute atomic E-state index is 0.104. The van der Waals surface area contributed by atoms with Crippen molar-refractivity contribution in [1.29, 1.82) is 0 Å². The number of carboxylic acid groups (broad SMARTS) is 1. The highest BCUT2D eigenvalue weighted by Crippen LogP contribution is 2.29. The molecule has 0 saturated carbocycles. The summed E-state index contributed by atoms with van der Waals surface area (Å²) in [6.45, 7) is 1.94. The van der Waals surface area contributed by atoms with E-state index in [1.54, 1.807) is 6.20 Å². The van der Waals surface area contributed by atoms with Crippen LogP contribution in [0.1, 0.15) is 25.9 Å². The normalized spacial score (nSPS) is 11.4. The lowest BCUT2D eigenvalue weighted by Gasteiger charge is -2.11. The van der Waals surface area contributed by atoms with Crippen molar-refractivity contribution >= 4 is 23.1 Å². The Morgan fingerprint density at radius 3 is 2.67 bits per heavy atom. The van der Waals surface area contributed by atoms with Gasteiger partial charge in [-0.05, 0) is 19.1 Å². The van der Waals surface area contributed by atoms with Crippen molar-refractivity contribution in [2.75, 3.05) is 5.32 Å². The smallest absolute Gasteiger partial charge is 0.433 e. The van der Waals surface area contributed by atoms with Crippen molar-refractivity contribution in [3.05, 3.63) is 39.5 Å². The van der Waals surface area contributed by atoms with Crippen LogP contribution in [-0.4, -0.2) is 21.0 Å². The number of aromatic carboxylic acids is 1. The summed E-state index contributed by atoms with van der Waals surface area (Å²) < 4.78 is 37.9. The molecule has 0 saturated heterocycles. The summed E-state index contributed by atoms with van der Waals surface area (Å²) in [6.07, 6.45) is -3.01. The van der Waals surface area contributed by atoms with Gasteiger partial charge in [0.2, 0.25) is 0 Å². The summed E-state index contributed by atoms with van der Waals surface area (Å²) in [4.78, 5) is 19.4. The summed E-state index contributed by atoms with van der Waals surface area (Å²) in [5, 5.41) is 12.2. The minimum atomic E-state index is -4.63. The number of nitrogens with zero attached hydrogens (tertiary/aromatic N) is 2. The molecule has 0 aliphatic heterocycles. The van der Waals surface area contributed by atoms with Crippen molar-refractivity contribution < 1.29 is 23.1 Å². The maximum atomic E-state index is 12.6. The molecule has 0 amide bonds. The van der Waals surface area contributed by atoms with Crippen molar-refractivity contribution in [3.8, 4) is 0 Å². The summed E-state index contributed by atoms with van der Waals surface area (Å²) in [6, 6.07) is 1.52. The minimum Gasteiger partial charge on any atom is -0.478 e. The summed E-state index contributed by atoms with van der Waals surface area (Å²) >= 11 is 1.36. The van der Waals surface area contributed by atoms with Crippen molar-refractivity contribution in [2.24, 2.45) is 0 Å². The van der Waals surface area contributed by atoms with Crippen LogP contribution in [0.4, 0.5) is 19.0 Å². The monoisotopic (exact) mass is 317 g/mol. The zero-order chi connectivity index (χ0) is 15.6. The van der Waals surface area contributed by atoms with Crippen LogP contribution in [0, 0.1) is 6.92 Å². The van der Waals surface area contributed by atoms with Crippen molar-refractivity contribution in [1.82, 2.24) is 9.97 Å². The van der Waals surface area contributed by atoms with E-state index in [1.165, 1.54) is 11.3 Å². The van der Waals surface area contributed by atoms with Crippen molar-refractivity contribution in [3.63, 3.8) is 0 Å². The van der Waals surface area contributed by atoms with Crippen molar-refractivity contribution in [2.45, 2.75) is 19.6 Å². The van der Waals surface area contributed by atoms with E-state index in [2.05, 4.69) is 15.3 Å². The molecule has 0 radical (unpaired) electrons. The lowest BCUT2D eigenvalue weighted by atomic mass is 10.2. The van der Waals surface area contributed by atoms with Gasteiger partial charge in [-0.3, -0.25) is 0 Å². The molecule has 0 bridgehead atoms. The van der Waals surface area contributed by atoms with Gasteiger partial charge in [0.15, 0.2) is 0 Å². The van der Waals surface area contributed by atoms with E-state index in [0.717, 1.165) is 10.9 Å². The molecule has 0 aliphatic carbocycles. The molecule has 0 aliphatic rings. The molecule has 0 aromatic carbocycles. The fourth-order valence-electron chi connectivity index (χ4n) is 1.57. The lowest BCUT2D eigenvalue weighted by Crippen LogP contribution is -2.14. The predicted octanol–water partition coefficient (Wildman–Crippen LogP) is 3.18. The second-order valence-corrected chi connectivity index (χ2v) is 5.43. The number of pyridine rings is 1. The van der Waals surface area contributed by atoms with Gasteiger partial charge in [-0.25, -0.2) is 14.8 Å². The summed E-state index contributed by atoms with van der Waals surface area (Å²) in [7, 11) is 0. The van der Waals surface area contributed by atoms with Crippen LogP contribution < -0.4 is 5.32 Å². The topological polar surface area (TPSA) is 75.1 Å². The Morgan fingerprint density at radius 2 is 2.14 bits per heavy atom. The third-order valence-corrected chi connectivity index (χ3v) is 3.41. The molecule has 9 heteroatoms. The largest absolute Gasteiger partial charge is 0.478 e. The van der Waals surface area contributed by atoms with Gasteiger partial charge in [0.1, 0.15) is 22.1 Å². The fraction of sp³-hybridized carbons (Fsp3) is 0.250. The van der Waals surface area contributed by atoms with Gasteiger partial charge in [-0.15, -0.1) is 11.3 Å². The zero-order valence-corrected chi connectivity index (χ0v) is 11.5. The second-order valence-electron chi connectivity index (χ2n) is 4.11. The second kappa shape index (κ2) is 5.68. The number of aryl methyl sites for hydroxylation is 1. The number of anilines is 1. The van der Waals surface area contributed by atoms with Crippen LogP contribution >= 0.6 is 11.3 Å². The molecule has 0 fully saturated rings. The number of rotatable bonds is 4. The van der Waals surface area contributed by atoms with Gasteiger partial charge < -0.3 is 10.4 Å². The van der Waals surface area contributed by atoms with Gasteiger partial charge in [0.25, 0.3) is 0 Å². The quantitative estimate of drug-likeness (QED) is 0.906. The molecule has 0 unspecified atom stereocenters. The Bertz CT molecular complexity index is 670. The Hall–Kier alpha value is -2.16. The highest BCUT2D eigenvalue weighted by Gasteiger charge is 2.33. The zero-order valence-electron chi connectivity index (χ0n) is 10.7. The standard InChI is InChI=1S/C12H10F3N3O2S/c1-6-4-16-9(21-6)5-17-10-7(11(19)20)2-3-8(18-10)12(13,14)15/h2-4H,5H2,1H3,(H,17,18)(H,19,20). The first-order valence-electron chi connectivity index (χ1n) is 5.74. The Morgan fingerprint density at radius 1 is 1.43 bits per heavy atom. The Labute approximate surface area is 121 Å². The third-order valence-electron chi connectivity index (χ3n) is 2.49. The number of nitrogens with one attached hydrogen (secondary N) is 1. The number of carbonyl (C=O) groups is 1. The molecule has 0 spiro atoms. The Balaban J connectivity index is 2.28. The SMILES string of the molecule is Cc1cnc(CNc2nc(C(F)(F)F)ccc2C(=O)O)s1. The van der Waals surface area contributed by atoms with Gasteiger partial charge in [0, 0.05) is 11.1 Å². The van der Waals surface area contributed by atoms with Crippen LogP contribution in [0.2, 0.25) is 0 Å². The number of hydrogen-bond donors (Lipinski definition) is 2. The molecular weight excluding hydrogens is 307 g/mol. The highest BCUT2D eigenvalue weighted by atomic mass is 32.1.